The minimum absolute atomic E-state index is 0. The molecule has 0 bridgehead atoms. The van der Waals surface area contributed by atoms with Crippen LogP contribution in [0.25, 0.3) is 0 Å². The maximum atomic E-state index is 12.0. The normalized spacial score (nSPS) is 32.6. The molecule has 2 aliphatic heterocycles. The molecule has 1 amide bonds. The van der Waals surface area contributed by atoms with E-state index in [1.807, 2.05) is 4.90 Å². The number of nitrogens with zero attached hydrogens (tertiary/aromatic N) is 1. The summed E-state index contributed by atoms with van der Waals surface area (Å²) in [5, 5.41) is 0. The quantitative estimate of drug-likeness (QED) is 0.831. The van der Waals surface area contributed by atoms with Gasteiger partial charge in [0.1, 0.15) is 0 Å². The molecule has 2 fully saturated rings. The average Bonchev–Trinajstić information content (AvgIpc) is 2.88. The van der Waals surface area contributed by atoms with Gasteiger partial charge in [0.2, 0.25) is 5.91 Å². The molecule has 100 valence electrons. The van der Waals surface area contributed by atoms with Crippen LogP contribution < -0.4 is 5.73 Å². The molecule has 0 aromatic heterocycles. The van der Waals surface area contributed by atoms with Gasteiger partial charge in [-0.25, -0.2) is 0 Å². The Hall–Kier alpha value is -0.320. The molecule has 5 heteroatoms. The Bertz CT molecular complexity index is 269. The summed E-state index contributed by atoms with van der Waals surface area (Å²) in [5.41, 5.74) is 5.86. The predicted molar refractivity (Wildman–Crippen MR) is 69.2 cm³/mol. The fourth-order valence-electron chi connectivity index (χ4n) is 2.53. The molecule has 2 atom stereocenters. The van der Waals surface area contributed by atoms with E-state index in [1.54, 1.807) is 0 Å². The van der Waals surface area contributed by atoms with E-state index in [4.69, 9.17) is 10.5 Å². The third kappa shape index (κ3) is 3.57. The number of rotatable bonds is 3. The molecule has 0 aromatic rings. The summed E-state index contributed by atoms with van der Waals surface area (Å²) in [7, 11) is 0. The second kappa shape index (κ2) is 6.03. The molecular weight excluding hydrogens is 240 g/mol. The average molecular weight is 263 g/mol. The second-order valence-electron chi connectivity index (χ2n) is 5.42. The van der Waals surface area contributed by atoms with Crippen LogP contribution in [0, 0.1) is 5.41 Å². The van der Waals surface area contributed by atoms with Crippen LogP contribution in [0.5, 0.6) is 0 Å². The first-order chi connectivity index (χ1) is 7.63. The van der Waals surface area contributed by atoms with Gasteiger partial charge in [-0.2, -0.15) is 0 Å². The smallest absolute Gasteiger partial charge is 0.225 e. The molecule has 17 heavy (non-hydrogen) atoms. The number of carbonyl (C=O) groups is 1. The van der Waals surface area contributed by atoms with Crippen molar-refractivity contribution in [2.24, 2.45) is 11.1 Å². The molecule has 2 rings (SSSR count). The Morgan fingerprint density at radius 2 is 2.35 bits per heavy atom. The van der Waals surface area contributed by atoms with Gasteiger partial charge in [-0.15, -0.1) is 12.4 Å². The first kappa shape index (κ1) is 14.7. The minimum atomic E-state index is 0. The molecule has 2 unspecified atom stereocenters. The van der Waals surface area contributed by atoms with Gasteiger partial charge in [-0.1, -0.05) is 6.92 Å². The lowest BCUT2D eigenvalue weighted by Crippen LogP contribution is -2.35. The third-order valence-corrected chi connectivity index (χ3v) is 3.83. The maximum absolute atomic E-state index is 12.0. The van der Waals surface area contributed by atoms with Crippen molar-refractivity contribution >= 4 is 18.3 Å². The van der Waals surface area contributed by atoms with Crippen LogP contribution in [0.1, 0.15) is 32.6 Å². The number of hydrogen-bond donors (Lipinski definition) is 1. The molecule has 0 aromatic carbocycles. The maximum Gasteiger partial charge on any atom is 0.225 e. The molecule has 0 spiro atoms. The Kier molecular flexibility index (Phi) is 5.22. The van der Waals surface area contributed by atoms with Crippen molar-refractivity contribution in [2.45, 2.75) is 38.7 Å². The Morgan fingerprint density at radius 3 is 2.88 bits per heavy atom. The largest absolute Gasteiger partial charge is 0.378 e. The zero-order valence-corrected chi connectivity index (χ0v) is 11.3. The van der Waals surface area contributed by atoms with E-state index in [0.717, 1.165) is 39.0 Å². The SMILES string of the molecule is CC1(CN)CCN(C(=O)CC2CCCO2)C1.Cl. The molecule has 0 radical (unpaired) electrons. The molecule has 2 heterocycles. The zero-order valence-electron chi connectivity index (χ0n) is 10.5. The number of likely N-dealkylation sites (tertiary alicyclic amines) is 1. The van der Waals surface area contributed by atoms with Gasteiger partial charge in [0.25, 0.3) is 0 Å². The highest BCUT2D eigenvalue weighted by Gasteiger charge is 2.35. The van der Waals surface area contributed by atoms with Gasteiger partial charge >= 0.3 is 0 Å². The van der Waals surface area contributed by atoms with E-state index in [2.05, 4.69) is 6.92 Å². The first-order valence-electron chi connectivity index (χ1n) is 6.22. The van der Waals surface area contributed by atoms with E-state index in [-0.39, 0.29) is 29.8 Å². The van der Waals surface area contributed by atoms with Crippen molar-refractivity contribution in [3.8, 4) is 0 Å². The standard InChI is InChI=1S/C12H22N2O2.ClH/c1-12(8-13)4-5-14(9-12)11(15)7-10-3-2-6-16-10;/h10H,2-9,13H2,1H3;1H. The van der Waals surface area contributed by atoms with Gasteiger partial charge in [-0.05, 0) is 31.2 Å². The number of carbonyl (C=O) groups excluding carboxylic acids is 1. The Labute approximate surface area is 109 Å². The van der Waals surface area contributed by atoms with Crippen LogP contribution in [-0.2, 0) is 9.53 Å². The van der Waals surface area contributed by atoms with Crippen molar-refractivity contribution in [3.05, 3.63) is 0 Å². The van der Waals surface area contributed by atoms with Crippen LogP contribution in [0.3, 0.4) is 0 Å². The number of amides is 1. The van der Waals surface area contributed by atoms with E-state index < -0.39 is 0 Å². The predicted octanol–water partition coefficient (Wildman–Crippen LogP) is 1.17. The van der Waals surface area contributed by atoms with Crippen molar-refractivity contribution in [1.82, 2.24) is 4.90 Å². The van der Waals surface area contributed by atoms with Gasteiger partial charge < -0.3 is 15.4 Å². The molecule has 2 aliphatic rings. The molecule has 4 nitrogen and oxygen atoms in total. The van der Waals surface area contributed by atoms with Crippen molar-refractivity contribution < 1.29 is 9.53 Å². The van der Waals surface area contributed by atoms with E-state index >= 15 is 0 Å². The Balaban J connectivity index is 0.00000144. The molecular formula is C12H23ClN2O2. The molecule has 0 saturated carbocycles. The van der Waals surface area contributed by atoms with E-state index in [1.165, 1.54) is 0 Å². The van der Waals surface area contributed by atoms with Gasteiger partial charge in [-0.3, -0.25) is 4.79 Å². The summed E-state index contributed by atoms with van der Waals surface area (Å²) >= 11 is 0. The fourth-order valence-corrected chi connectivity index (χ4v) is 2.53. The summed E-state index contributed by atoms with van der Waals surface area (Å²) in [6.07, 6.45) is 3.88. The van der Waals surface area contributed by atoms with Crippen LogP contribution >= 0.6 is 12.4 Å². The number of nitrogens with two attached hydrogens (primary N) is 1. The fraction of sp³-hybridized carbons (Fsp3) is 0.917. The zero-order chi connectivity index (χ0) is 11.6. The lowest BCUT2D eigenvalue weighted by molar-refractivity contribution is -0.132. The number of ether oxygens (including phenoxy) is 1. The van der Waals surface area contributed by atoms with Crippen LogP contribution in [-0.4, -0.2) is 43.2 Å². The summed E-state index contributed by atoms with van der Waals surface area (Å²) in [6.45, 7) is 5.32. The second-order valence-corrected chi connectivity index (χ2v) is 5.42. The molecule has 2 saturated heterocycles. The third-order valence-electron chi connectivity index (χ3n) is 3.83. The Morgan fingerprint density at radius 1 is 1.59 bits per heavy atom. The monoisotopic (exact) mass is 262 g/mol. The van der Waals surface area contributed by atoms with Gasteiger partial charge in [0.15, 0.2) is 0 Å². The highest BCUT2D eigenvalue weighted by Crippen LogP contribution is 2.29. The lowest BCUT2D eigenvalue weighted by atomic mass is 9.90. The molecule has 2 N–H and O–H groups in total. The number of halogens is 1. The first-order valence-corrected chi connectivity index (χ1v) is 6.22. The van der Waals surface area contributed by atoms with E-state index in [9.17, 15) is 4.79 Å². The van der Waals surface area contributed by atoms with Crippen molar-refractivity contribution in [1.29, 1.82) is 0 Å². The molecule has 0 aliphatic carbocycles. The van der Waals surface area contributed by atoms with E-state index in [0.29, 0.717) is 13.0 Å². The topological polar surface area (TPSA) is 55.6 Å². The van der Waals surface area contributed by atoms with Crippen LogP contribution in [0.15, 0.2) is 0 Å². The van der Waals surface area contributed by atoms with Gasteiger partial charge in [0, 0.05) is 19.7 Å². The van der Waals surface area contributed by atoms with Crippen LogP contribution in [0.2, 0.25) is 0 Å². The lowest BCUT2D eigenvalue weighted by Gasteiger charge is -2.23. The van der Waals surface area contributed by atoms with Crippen LogP contribution in [0.4, 0.5) is 0 Å². The highest BCUT2D eigenvalue weighted by molar-refractivity contribution is 5.85. The van der Waals surface area contributed by atoms with Crippen molar-refractivity contribution in [2.75, 3.05) is 26.2 Å². The summed E-state index contributed by atoms with van der Waals surface area (Å²) in [4.78, 5) is 14.0. The summed E-state index contributed by atoms with van der Waals surface area (Å²) in [5.74, 6) is 0.240. The highest BCUT2D eigenvalue weighted by atomic mass is 35.5. The van der Waals surface area contributed by atoms with Crippen molar-refractivity contribution in [3.63, 3.8) is 0 Å². The minimum Gasteiger partial charge on any atom is -0.378 e. The van der Waals surface area contributed by atoms with Gasteiger partial charge in [0.05, 0.1) is 12.5 Å². The number of hydrogen-bond acceptors (Lipinski definition) is 3. The summed E-state index contributed by atoms with van der Waals surface area (Å²) < 4.78 is 5.49. The summed E-state index contributed by atoms with van der Waals surface area (Å²) in [6, 6.07) is 0.